The van der Waals surface area contributed by atoms with Crippen LogP contribution in [0.25, 0.3) is 0 Å². The number of nitrogens with one attached hydrogen (secondary N) is 2. The molecule has 0 bridgehead atoms. The highest BCUT2D eigenvalue weighted by Crippen LogP contribution is 2.11. The van der Waals surface area contributed by atoms with Gasteiger partial charge in [0.15, 0.2) is 0 Å². The van der Waals surface area contributed by atoms with E-state index >= 15 is 0 Å². The van der Waals surface area contributed by atoms with Crippen LogP contribution in [0.5, 0.6) is 0 Å². The molecule has 0 aliphatic heterocycles. The smallest absolute Gasteiger partial charge is 0.240 e. The van der Waals surface area contributed by atoms with Gasteiger partial charge in [-0.2, -0.15) is 0 Å². The molecule has 102 valence electrons. The summed E-state index contributed by atoms with van der Waals surface area (Å²) in [6.45, 7) is 5.28. The third-order valence-electron chi connectivity index (χ3n) is 2.79. The van der Waals surface area contributed by atoms with E-state index in [1.165, 1.54) is 7.05 Å². The zero-order valence-electron chi connectivity index (χ0n) is 11.2. The van der Waals surface area contributed by atoms with Gasteiger partial charge in [-0.25, -0.2) is 13.1 Å². The van der Waals surface area contributed by atoms with Crippen molar-refractivity contribution in [3.63, 3.8) is 0 Å². The molecule has 0 aliphatic carbocycles. The number of sulfonamides is 1. The molecule has 1 aromatic rings. The van der Waals surface area contributed by atoms with Crippen molar-refractivity contribution < 1.29 is 8.42 Å². The van der Waals surface area contributed by atoms with Crippen molar-refractivity contribution in [3.05, 3.63) is 29.8 Å². The van der Waals surface area contributed by atoms with Gasteiger partial charge < -0.3 is 5.32 Å². The molecule has 1 rings (SSSR count). The largest absolute Gasteiger partial charge is 0.314 e. The molecule has 0 saturated heterocycles. The molecule has 2 N–H and O–H groups in total. The lowest BCUT2D eigenvalue weighted by atomic mass is 10.1. The Balaban J connectivity index is 2.66. The van der Waals surface area contributed by atoms with Crippen LogP contribution < -0.4 is 10.0 Å². The van der Waals surface area contributed by atoms with E-state index in [-0.39, 0.29) is 0 Å². The molecule has 4 nitrogen and oxygen atoms in total. The minimum Gasteiger partial charge on any atom is -0.314 e. The molecule has 0 amide bonds. The van der Waals surface area contributed by atoms with Gasteiger partial charge in [-0.3, -0.25) is 0 Å². The van der Waals surface area contributed by atoms with Gasteiger partial charge in [0.1, 0.15) is 0 Å². The lowest BCUT2D eigenvalue weighted by Crippen LogP contribution is -2.28. The second kappa shape index (κ2) is 6.87. The van der Waals surface area contributed by atoms with Crippen molar-refractivity contribution in [3.8, 4) is 0 Å². The number of hydrogen-bond donors (Lipinski definition) is 2. The van der Waals surface area contributed by atoms with Crippen molar-refractivity contribution in [2.45, 2.75) is 37.6 Å². The van der Waals surface area contributed by atoms with Crippen LogP contribution in [0.1, 0.15) is 25.8 Å². The van der Waals surface area contributed by atoms with E-state index in [1.807, 2.05) is 12.1 Å². The predicted molar refractivity (Wildman–Crippen MR) is 74.1 cm³/mol. The average Bonchev–Trinajstić information content (AvgIpc) is 2.37. The fraction of sp³-hybridized carbons (Fsp3) is 0.538. The van der Waals surface area contributed by atoms with Crippen molar-refractivity contribution in [2.75, 3.05) is 13.6 Å². The van der Waals surface area contributed by atoms with E-state index in [2.05, 4.69) is 23.9 Å². The molecule has 0 aromatic heterocycles. The normalized spacial score (nSPS) is 13.5. The van der Waals surface area contributed by atoms with Gasteiger partial charge in [0.2, 0.25) is 10.0 Å². The molecule has 0 fully saturated rings. The lowest BCUT2D eigenvalue weighted by Gasteiger charge is -2.13. The van der Waals surface area contributed by atoms with Gasteiger partial charge in [-0.15, -0.1) is 0 Å². The molecular formula is C13H22N2O2S. The zero-order chi connectivity index (χ0) is 13.6. The molecule has 0 heterocycles. The Morgan fingerprint density at radius 1 is 1.22 bits per heavy atom. The van der Waals surface area contributed by atoms with E-state index in [0.717, 1.165) is 24.9 Å². The maximum Gasteiger partial charge on any atom is 0.240 e. The summed E-state index contributed by atoms with van der Waals surface area (Å²) in [5, 5.41) is 3.41. The molecule has 0 aliphatic rings. The summed E-state index contributed by atoms with van der Waals surface area (Å²) < 4.78 is 25.4. The fourth-order valence-corrected chi connectivity index (χ4v) is 2.47. The summed E-state index contributed by atoms with van der Waals surface area (Å²) in [5.41, 5.74) is 1.14. The first-order valence-corrected chi connectivity index (χ1v) is 7.73. The van der Waals surface area contributed by atoms with Gasteiger partial charge in [0.25, 0.3) is 0 Å². The maximum atomic E-state index is 11.6. The molecule has 1 atom stereocenters. The van der Waals surface area contributed by atoms with Crippen molar-refractivity contribution in [2.24, 2.45) is 0 Å². The van der Waals surface area contributed by atoms with Gasteiger partial charge >= 0.3 is 0 Å². The number of rotatable bonds is 7. The summed E-state index contributed by atoms with van der Waals surface area (Å²) in [6, 6.07) is 7.43. The van der Waals surface area contributed by atoms with E-state index in [0.29, 0.717) is 10.9 Å². The Morgan fingerprint density at radius 3 is 2.33 bits per heavy atom. The number of benzene rings is 1. The maximum absolute atomic E-state index is 11.6. The summed E-state index contributed by atoms with van der Waals surface area (Å²) in [4.78, 5) is 0.308. The molecule has 5 heteroatoms. The summed E-state index contributed by atoms with van der Waals surface area (Å²) in [7, 11) is -1.91. The molecule has 1 aromatic carbocycles. The number of hydrogen-bond acceptors (Lipinski definition) is 3. The second-order valence-corrected chi connectivity index (χ2v) is 6.30. The van der Waals surface area contributed by atoms with Gasteiger partial charge in [-0.05, 0) is 51.1 Å². The minimum absolute atomic E-state index is 0.308. The van der Waals surface area contributed by atoms with Crippen LogP contribution in [0.15, 0.2) is 29.2 Å². The van der Waals surface area contributed by atoms with Gasteiger partial charge in [0.05, 0.1) is 4.90 Å². The van der Waals surface area contributed by atoms with Crippen LogP contribution in [-0.4, -0.2) is 28.1 Å². The van der Waals surface area contributed by atoms with Crippen LogP contribution in [-0.2, 0) is 16.4 Å². The van der Waals surface area contributed by atoms with E-state index < -0.39 is 10.0 Å². The highest BCUT2D eigenvalue weighted by atomic mass is 32.2. The minimum atomic E-state index is -3.32. The Morgan fingerprint density at radius 2 is 1.83 bits per heavy atom. The molecule has 0 saturated carbocycles. The Kier molecular flexibility index (Phi) is 5.78. The lowest BCUT2D eigenvalue weighted by molar-refractivity contribution is 0.543. The van der Waals surface area contributed by atoms with E-state index in [4.69, 9.17) is 0 Å². The van der Waals surface area contributed by atoms with E-state index in [9.17, 15) is 8.42 Å². The Hall–Kier alpha value is -0.910. The monoisotopic (exact) mass is 270 g/mol. The summed E-state index contributed by atoms with van der Waals surface area (Å²) in [6.07, 6.45) is 2.02. The van der Waals surface area contributed by atoms with E-state index in [1.54, 1.807) is 12.1 Å². The Bertz CT molecular complexity index is 454. The van der Waals surface area contributed by atoms with Crippen molar-refractivity contribution >= 4 is 10.0 Å². The summed E-state index contributed by atoms with van der Waals surface area (Å²) in [5.74, 6) is 0. The molecule has 1 unspecified atom stereocenters. The van der Waals surface area contributed by atoms with Crippen LogP contribution in [0.3, 0.4) is 0 Å². The van der Waals surface area contributed by atoms with Crippen LogP contribution in [0, 0.1) is 0 Å². The Labute approximate surface area is 110 Å². The topological polar surface area (TPSA) is 58.2 Å². The first-order valence-electron chi connectivity index (χ1n) is 6.25. The van der Waals surface area contributed by atoms with Gasteiger partial charge in [-0.1, -0.05) is 19.1 Å². The van der Waals surface area contributed by atoms with Crippen LogP contribution in [0.4, 0.5) is 0 Å². The first kappa shape index (κ1) is 15.1. The van der Waals surface area contributed by atoms with Crippen molar-refractivity contribution in [1.29, 1.82) is 0 Å². The highest BCUT2D eigenvalue weighted by molar-refractivity contribution is 7.89. The first-order chi connectivity index (χ1) is 8.49. The van der Waals surface area contributed by atoms with Crippen LogP contribution in [0.2, 0.25) is 0 Å². The quantitative estimate of drug-likeness (QED) is 0.790. The molecular weight excluding hydrogens is 248 g/mol. The second-order valence-electron chi connectivity index (χ2n) is 4.41. The van der Waals surface area contributed by atoms with Crippen molar-refractivity contribution in [1.82, 2.24) is 10.0 Å². The SMILES string of the molecule is CCCNC(C)Cc1ccc(S(=O)(=O)NC)cc1. The molecule has 0 spiro atoms. The molecule has 0 radical (unpaired) electrons. The van der Waals surface area contributed by atoms with Crippen LogP contribution >= 0.6 is 0 Å². The van der Waals surface area contributed by atoms with Gasteiger partial charge in [0, 0.05) is 6.04 Å². The standard InChI is InChI=1S/C13H22N2O2S/c1-4-9-15-11(2)10-12-5-7-13(8-6-12)18(16,17)14-3/h5-8,11,14-15H,4,9-10H2,1-3H3. The zero-order valence-corrected chi connectivity index (χ0v) is 12.0. The molecule has 18 heavy (non-hydrogen) atoms. The third kappa shape index (κ3) is 4.40. The predicted octanol–water partition coefficient (Wildman–Crippen LogP) is 1.53. The average molecular weight is 270 g/mol. The summed E-state index contributed by atoms with van der Waals surface area (Å²) >= 11 is 0. The third-order valence-corrected chi connectivity index (χ3v) is 4.22. The highest BCUT2D eigenvalue weighted by Gasteiger charge is 2.10. The fourth-order valence-electron chi connectivity index (χ4n) is 1.74.